The van der Waals surface area contributed by atoms with Gasteiger partial charge in [0.05, 0.1) is 0 Å². The summed E-state index contributed by atoms with van der Waals surface area (Å²) in [5.41, 5.74) is 0.405. The zero-order valence-corrected chi connectivity index (χ0v) is 9.11. The average Bonchev–Trinajstić information content (AvgIpc) is 2.38. The molecule has 1 aliphatic rings. The molecule has 2 rings (SSSR count). The van der Waals surface area contributed by atoms with Crippen molar-refractivity contribution >= 4 is 5.95 Å². The van der Waals surface area contributed by atoms with Crippen molar-refractivity contribution in [2.24, 2.45) is 5.92 Å². The highest BCUT2D eigenvalue weighted by molar-refractivity contribution is 5.29. The topological polar surface area (TPSA) is 73.6 Å². The first-order valence-corrected chi connectivity index (χ1v) is 5.56. The lowest BCUT2D eigenvalue weighted by atomic mass is 9.98. The van der Waals surface area contributed by atoms with Crippen LogP contribution in [0, 0.1) is 17.2 Å². The number of hydrogen-bond donors (Lipinski definition) is 2. The molecule has 1 saturated heterocycles. The van der Waals surface area contributed by atoms with Crippen LogP contribution in [0.3, 0.4) is 0 Å². The van der Waals surface area contributed by atoms with E-state index in [9.17, 15) is 0 Å². The summed E-state index contributed by atoms with van der Waals surface area (Å²) in [5.74, 6) is 1.23. The molecule has 0 aromatic carbocycles. The molecule has 0 atom stereocenters. The summed E-state index contributed by atoms with van der Waals surface area (Å²) >= 11 is 0. The molecule has 5 nitrogen and oxygen atoms in total. The number of anilines is 1. The van der Waals surface area contributed by atoms with Crippen LogP contribution in [-0.4, -0.2) is 29.6 Å². The predicted molar refractivity (Wildman–Crippen MR) is 60.8 cm³/mol. The number of aromatic nitrogens is 2. The standard InChI is InChI=1S/C11H15N5/c12-7-10-3-6-14-11(16-10)15-8-9-1-4-13-5-2-9/h3,6,9,13H,1-2,4-5,8H2,(H,14,15,16). The normalized spacial score (nSPS) is 16.7. The molecule has 2 N–H and O–H groups in total. The lowest BCUT2D eigenvalue weighted by Crippen LogP contribution is -2.31. The van der Waals surface area contributed by atoms with Gasteiger partial charge in [-0.25, -0.2) is 9.97 Å². The number of piperidine rings is 1. The molecule has 1 aromatic rings. The molecule has 1 fully saturated rings. The average molecular weight is 217 g/mol. The molecule has 5 heteroatoms. The van der Waals surface area contributed by atoms with Crippen LogP contribution in [-0.2, 0) is 0 Å². The Balaban J connectivity index is 1.86. The third-order valence-electron chi connectivity index (χ3n) is 2.78. The Morgan fingerprint density at radius 2 is 2.31 bits per heavy atom. The minimum Gasteiger partial charge on any atom is -0.354 e. The van der Waals surface area contributed by atoms with E-state index in [0.717, 1.165) is 19.6 Å². The monoisotopic (exact) mass is 217 g/mol. The third kappa shape index (κ3) is 2.91. The molecule has 1 aromatic heterocycles. The van der Waals surface area contributed by atoms with E-state index < -0.39 is 0 Å². The van der Waals surface area contributed by atoms with Gasteiger partial charge in [0.2, 0.25) is 5.95 Å². The van der Waals surface area contributed by atoms with Crippen LogP contribution in [0.15, 0.2) is 12.3 Å². The van der Waals surface area contributed by atoms with Gasteiger partial charge in [-0.1, -0.05) is 0 Å². The summed E-state index contributed by atoms with van der Waals surface area (Å²) < 4.78 is 0. The van der Waals surface area contributed by atoms with Crippen LogP contribution >= 0.6 is 0 Å². The first-order chi connectivity index (χ1) is 7.88. The Hall–Kier alpha value is -1.67. The van der Waals surface area contributed by atoms with E-state index in [1.54, 1.807) is 12.3 Å². The highest BCUT2D eigenvalue weighted by Crippen LogP contribution is 2.11. The lowest BCUT2D eigenvalue weighted by Gasteiger charge is -2.22. The fourth-order valence-electron chi connectivity index (χ4n) is 1.83. The first kappa shape index (κ1) is 10.8. The molecule has 2 heterocycles. The second-order valence-electron chi connectivity index (χ2n) is 3.95. The van der Waals surface area contributed by atoms with Crippen molar-refractivity contribution in [1.29, 1.82) is 5.26 Å². The number of nitriles is 1. The maximum Gasteiger partial charge on any atom is 0.223 e. The van der Waals surface area contributed by atoms with E-state index in [1.165, 1.54) is 12.8 Å². The van der Waals surface area contributed by atoms with Gasteiger partial charge in [-0.05, 0) is 37.9 Å². The largest absolute Gasteiger partial charge is 0.354 e. The molecule has 0 amide bonds. The van der Waals surface area contributed by atoms with Crippen molar-refractivity contribution in [3.8, 4) is 6.07 Å². The van der Waals surface area contributed by atoms with Crippen molar-refractivity contribution in [3.63, 3.8) is 0 Å². The Morgan fingerprint density at radius 1 is 1.50 bits per heavy atom. The Morgan fingerprint density at radius 3 is 3.06 bits per heavy atom. The van der Waals surface area contributed by atoms with Crippen molar-refractivity contribution < 1.29 is 0 Å². The highest BCUT2D eigenvalue weighted by Gasteiger charge is 2.12. The van der Waals surface area contributed by atoms with Gasteiger partial charge in [-0.15, -0.1) is 0 Å². The van der Waals surface area contributed by atoms with E-state index in [-0.39, 0.29) is 0 Å². The second-order valence-corrected chi connectivity index (χ2v) is 3.95. The van der Waals surface area contributed by atoms with Crippen molar-refractivity contribution in [1.82, 2.24) is 15.3 Å². The maximum absolute atomic E-state index is 8.70. The molecule has 0 bridgehead atoms. The van der Waals surface area contributed by atoms with Gasteiger partial charge >= 0.3 is 0 Å². The minimum atomic E-state index is 0.405. The zero-order valence-electron chi connectivity index (χ0n) is 9.11. The highest BCUT2D eigenvalue weighted by atomic mass is 15.1. The molecule has 0 saturated carbocycles. The molecule has 0 radical (unpaired) electrons. The van der Waals surface area contributed by atoms with Crippen molar-refractivity contribution in [3.05, 3.63) is 18.0 Å². The third-order valence-corrected chi connectivity index (χ3v) is 2.78. The Kier molecular flexibility index (Phi) is 3.67. The van der Waals surface area contributed by atoms with E-state index >= 15 is 0 Å². The smallest absolute Gasteiger partial charge is 0.223 e. The van der Waals surface area contributed by atoms with Crippen molar-refractivity contribution in [2.75, 3.05) is 25.0 Å². The SMILES string of the molecule is N#Cc1ccnc(NCC2CCNCC2)n1. The van der Waals surface area contributed by atoms with Crippen LogP contribution in [0.25, 0.3) is 0 Å². The summed E-state index contributed by atoms with van der Waals surface area (Å²) in [6.45, 7) is 3.06. The van der Waals surface area contributed by atoms with Gasteiger partial charge < -0.3 is 10.6 Å². The number of nitrogens with zero attached hydrogens (tertiary/aromatic N) is 3. The number of rotatable bonds is 3. The van der Waals surface area contributed by atoms with Gasteiger partial charge in [0, 0.05) is 12.7 Å². The molecule has 0 unspecified atom stereocenters. The van der Waals surface area contributed by atoms with Gasteiger partial charge in [0.1, 0.15) is 11.8 Å². The minimum absolute atomic E-state index is 0.405. The van der Waals surface area contributed by atoms with E-state index in [2.05, 4.69) is 20.6 Å². The van der Waals surface area contributed by atoms with Gasteiger partial charge in [0.25, 0.3) is 0 Å². The summed E-state index contributed by atoms with van der Waals surface area (Å²) in [4.78, 5) is 8.16. The number of hydrogen-bond acceptors (Lipinski definition) is 5. The zero-order chi connectivity index (χ0) is 11.2. The Bertz CT molecular complexity index is 378. The summed E-state index contributed by atoms with van der Waals surface area (Å²) in [5, 5.41) is 15.2. The van der Waals surface area contributed by atoms with Crippen LogP contribution in [0.5, 0.6) is 0 Å². The molecule has 0 spiro atoms. The maximum atomic E-state index is 8.70. The van der Waals surface area contributed by atoms with Crippen LogP contribution in [0.2, 0.25) is 0 Å². The molecular formula is C11H15N5. The predicted octanol–water partition coefficient (Wildman–Crippen LogP) is 0.760. The van der Waals surface area contributed by atoms with Crippen LogP contribution in [0.4, 0.5) is 5.95 Å². The fraction of sp³-hybridized carbons (Fsp3) is 0.545. The number of nitrogens with one attached hydrogen (secondary N) is 2. The van der Waals surface area contributed by atoms with Crippen LogP contribution < -0.4 is 10.6 Å². The van der Waals surface area contributed by atoms with E-state index in [0.29, 0.717) is 17.6 Å². The lowest BCUT2D eigenvalue weighted by molar-refractivity contribution is 0.389. The van der Waals surface area contributed by atoms with Crippen LogP contribution in [0.1, 0.15) is 18.5 Å². The molecular weight excluding hydrogens is 202 g/mol. The first-order valence-electron chi connectivity index (χ1n) is 5.56. The summed E-state index contributed by atoms with van der Waals surface area (Å²) in [6.07, 6.45) is 3.98. The van der Waals surface area contributed by atoms with E-state index in [4.69, 9.17) is 5.26 Å². The van der Waals surface area contributed by atoms with Gasteiger partial charge in [-0.2, -0.15) is 5.26 Å². The van der Waals surface area contributed by atoms with E-state index in [1.807, 2.05) is 6.07 Å². The molecule has 0 aliphatic carbocycles. The fourth-order valence-corrected chi connectivity index (χ4v) is 1.83. The molecule has 16 heavy (non-hydrogen) atoms. The summed E-state index contributed by atoms with van der Waals surface area (Å²) in [6, 6.07) is 3.61. The quantitative estimate of drug-likeness (QED) is 0.782. The Labute approximate surface area is 94.9 Å². The molecule has 84 valence electrons. The summed E-state index contributed by atoms with van der Waals surface area (Å²) in [7, 11) is 0. The van der Waals surface area contributed by atoms with Gasteiger partial charge in [-0.3, -0.25) is 0 Å². The second kappa shape index (κ2) is 5.42. The molecule has 1 aliphatic heterocycles. The van der Waals surface area contributed by atoms with Gasteiger partial charge in [0.15, 0.2) is 0 Å². The van der Waals surface area contributed by atoms with Crippen molar-refractivity contribution in [2.45, 2.75) is 12.8 Å².